The Balaban J connectivity index is 1.79. The van der Waals surface area contributed by atoms with Crippen LogP contribution in [0.4, 0.5) is 5.69 Å². The van der Waals surface area contributed by atoms with Gasteiger partial charge in [0.2, 0.25) is 0 Å². The van der Waals surface area contributed by atoms with Crippen molar-refractivity contribution in [2.75, 3.05) is 5.32 Å². The number of nitrogens with one attached hydrogen (secondary N) is 1. The van der Waals surface area contributed by atoms with Crippen molar-refractivity contribution in [2.24, 2.45) is 0 Å². The number of rotatable bonds is 3. The van der Waals surface area contributed by atoms with E-state index in [9.17, 15) is 0 Å². The van der Waals surface area contributed by atoms with E-state index in [0.717, 1.165) is 27.9 Å². The summed E-state index contributed by atoms with van der Waals surface area (Å²) >= 11 is 6.59. The Morgan fingerprint density at radius 2 is 1.26 bits per heavy atom. The van der Waals surface area contributed by atoms with E-state index in [0.29, 0.717) is 5.02 Å². The van der Waals surface area contributed by atoms with Gasteiger partial charge in [-0.15, -0.1) is 0 Å². The molecule has 1 aliphatic rings. The minimum Gasteiger partial charge on any atom is -0.356 e. The molecular weight excluding hydrogens is 402 g/mol. The molecule has 1 N–H and O–H groups in total. The van der Waals surface area contributed by atoms with E-state index in [-0.39, 0.29) is 0 Å². The van der Waals surface area contributed by atoms with Crippen LogP contribution in [-0.4, -0.2) is 0 Å². The molecule has 31 heavy (non-hydrogen) atoms. The van der Waals surface area contributed by atoms with Crippen LogP contribution in [0.5, 0.6) is 0 Å². The highest BCUT2D eigenvalue weighted by atomic mass is 35.5. The Morgan fingerprint density at radius 3 is 1.87 bits per heavy atom. The third-order valence-electron chi connectivity index (χ3n) is 5.99. The average Bonchev–Trinajstić information content (AvgIpc) is 2.80. The molecule has 0 aromatic heterocycles. The van der Waals surface area contributed by atoms with Crippen molar-refractivity contribution in [3.63, 3.8) is 0 Å². The second-order valence-corrected chi connectivity index (χ2v) is 8.53. The highest BCUT2D eigenvalue weighted by molar-refractivity contribution is 6.31. The van der Waals surface area contributed by atoms with Crippen LogP contribution in [0, 0.1) is 13.8 Å². The summed E-state index contributed by atoms with van der Waals surface area (Å²) in [6, 6.07) is 33.5. The van der Waals surface area contributed by atoms with Gasteiger partial charge in [0.15, 0.2) is 6.23 Å². The standard InChI is InChI=1S/C28H24ClNO/c1-19-11-15-21(16-12-19)28(22-17-13-20(2)14-18-22)24-8-4-6-10-26(24)30-27(31-28)23-7-3-5-9-25(23)29/h3-18,27,30H,1-2H3. The lowest BCUT2D eigenvalue weighted by molar-refractivity contribution is -0.0432. The SMILES string of the molecule is Cc1ccc(C2(c3ccc(C)cc3)OC(c3ccccc3Cl)Nc3ccccc32)cc1. The molecule has 154 valence electrons. The van der Waals surface area contributed by atoms with E-state index >= 15 is 0 Å². The largest absolute Gasteiger partial charge is 0.356 e. The molecule has 0 bridgehead atoms. The summed E-state index contributed by atoms with van der Waals surface area (Å²) in [6.07, 6.45) is -0.397. The Morgan fingerprint density at radius 1 is 0.710 bits per heavy atom. The van der Waals surface area contributed by atoms with Gasteiger partial charge in [-0.25, -0.2) is 0 Å². The zero-order chi connectivity index (χ0) is 21.4. The number of ether oxygens (including phenoxy) is 1. The normalized spacial score (nSPS) is 16.9. The monoisotopic (exact) mass is 425 g/mol. The molecule has 1 unspecified atom stereocenters. The van der Waals surface area contributed by atoms with Crippen LogP contribution >= 0.6 is 11.6 Å². The number of para-hydroxylation sites is 1. The van der Waals surface area contributed by atoms with E-state index in [2.05, 4.69) is 92.0 Å². The van der Waals surface area contributed by atoms with Crippen LogP contribution in [0.15, 0.2) is 97.1 Å². The fourth-order valence-electron chi connectivity index (χ4n) is 4.35. The van der Waals surface area contributed by atoms with Crippen molar-refractivity contribution in [3.05, 3.63) is 135 Å². The predicted molar refractivity (Wildman–Crippen MR) is 128 cm³/mol. The number of halogens is 1. The van der Waals surface area contributed by atoms with E-state index < -0.39 is 11.8 Å². The van der Waals surface area contributed by atoms with Gasteiger partial charge in [0.1, 0.15) is 5.60 Å². The van der Waals surface area contributed by atoms with E-state index in [1.807, 2.05) is 24.3 Å². The minimum absolute atomic E-state index is 0.397. The highest BCUT2D eigenvalue weighted by Crippen LogP contribution is 2.50. The number of fused-ring (bicyclic) bond motifs is 1. The van der Waals surface area contributed by atoms with E-state index in [1.165, 1.54) is 11.1 Å². The molecule has 1 heterocycles. The lowest BCUT2D eigenvalue weighted by Crippen LogP contribution is -2.40. The average molecular weight is 426 g/mol. The molecule has 0 saturated carbocycles. The summed E-state index contributed by atoms with van der Waals surface area (Å²) in [5.74, 6) is 0. The number of anilines is 1. The van der Waals surface area contributed by atoms with Crippen molar-refractivity contribution < 1.29 is 4.74 Å². The van der Waals surface area contributed by atoms with E-state index in [4.69, 9.17) is 16.3 Å². The van der Waals surface area contributed by atoms with Gasteiger partial charge in [-0.2, -0.15) is 0 Å². The second kappa shape index (κ2) is 7.88. The Bertz CT molecular complexity index is 1170. The first-order valence-corrected chi connectivity index (χ1v) is 10.9. The maximum atomic E-state index is 7.02. The van der Waals surface area contributed by atoms with E-state index in [1.54, 1.807) is 0 Å². The van der Waals surface area contributed by atoms with Gasteiger partial charge in [-0.05, 0) is 37.1 Å². The zero-order valence-electron chi connectivity index (χ0n) is 17.6. The Labute approximate surface area is 188 Å². The molecule has 4 aromatic rings. The lowest BCUT2D eigenvalue weighted by Gasteiger charge is -2.44. The maximum Gasteiger partial charge on any atom is 0.157 e. The molecule has 0 radical (unpaired) electrons. The number of benzene rings is 4. The summed E-state index contributed by atoms with van der Waals surface area (Å²) in [7, 11) is 0. The van der Waals surface area contributed by atoms with Crippen molar-refractivity contribution in [2.45, 2.75) is 25.7 Å². The highest BCUT2D eigenvalue weighted by Gasteiger charge is 2.45. The molecule has 3 heteroatoms. The number of hydrogen-bond donors (Lipinski definition) is 1. The molecule has 1 atom stereocenters. The third-order valence-corrected chi connectivity index (χ3v) is 6.34. The quantitative estimate of drug-likeness (QED) is 0.369. The molecule has 2 nitrogen and oxygen atoms in total. The Hall–Kier alpha value is -3.07. The third kappa shape index (κ3) is 3.42. The van der Waals surface area contributed by atoms with Crippen LogP contribution in [0.3, 0.4) is 0 Å². The fraction of sp³-hybridized carbons (Fsp3) is 0.143. The molecule has 0 saturated heterocycles. The summed E-state index contributed by atoms with van der Waals surface area (Å²) < 4.78 is 7.02. The zero-order valence-corrected chi connectivity index (χ0v) is 18.4. The Kier molecular flexibility index (Phi) is 5.05. The first kappa shape index (κ1) is 19.9. The maximum absolute atomic E-state index is 7.02. The molecule has 5 rings (SSSR count). The number of hydrogen-bond acceptors (Lipinski definition) is 2. The first-order valence-electron chi connectivity index (χ1n) is 10.5. The number of aryl methyl sites for hydroxylation is 2. The van der Waals surface area contributed by atoms with Gasteiger partial charge in [0.05, 0.1) is 0 Å². The second-order valence-electron chi connectivity index (χ2n) is 8.12. The summed E-state index contributed by atoms with van der Waals surface area (Å²) in [6.45, 7) is 4.21. The van der Waals surface area contributed by atoms with Crippen molar-refractivity contribution in [3.8, 4) is 0 Å². The summed E-state index contributed by atoms with van der Waals surface area (Å²) in [5, 5.41) is 4.25. The molecular formula is C28H24ClNO. The molecule has 0 fully saturated rings. The summed E-state index contributed by atoms with van der Waals surface area (Å²) in [5.41, 5.74) is 6.89. The minimum atomic E-state index is -0.771. The van der Waals surface area contributed by atoms with Gasteiger partial charge < -0.3 is 10.1 Å². The smallest absolute Gasteiger partial charge is 0.157 e. The van der Waals surface area contributed by atoms with Crippen LogP contribution < -0.4 is 5.32 Å². The lowest BCUT2D eigenvalue weighted by atomic mass is 9.77. The van der Waals surface area contributed by atoms with Gasteiger partial charge in [0, 0.05) is 21.8 Å². The topological polar surface area (TPSA) is 21.3 Å². The van der Waals surface area contributed by atoms with Crippen molar-refractivity contribution in [1.29, 1.82) is 0 Å². The van der Waals surface area contributed by atoms with Crippen LogP contribution in [-0.2, 0) is 10.3 Å². The van der Waals surface area contributed by atoms with Gasteiger partial charge in [-0.1, -0.05) is 108 Å². The van der Waals surface area contributed by atoms with Crippen molar-refractivity contribution >= 4 is 17.3 Å². The fourth-order valence-corrected chi connectivity index (χ4v) is 4.58. The first-order chi connectivity index (χ1) is 15.1. The van der Waals surface area contributed by atoms with Crippen LogP contribution in [0.1, 0.15) is 39.6 Å². The van der Waals surface area contributed by atoms with Crippen molar-refractivity contribution in [1.82, 2.24) is 0 Å². The predicted octanol–water partition coefficient (Wildman–Crippen LogP) is 7.39. The van der Waals surface area contributed by atoms with Gasteiger partial charge in [0.25, 0.3) is 0 Å². The van der Waals surface area contributed by atoms with Gasteiger partial charge >= 0.3 is 0 Å². The molecule has 0 amide bonds. The van der Waals surface area contributed by atoms with Crippen LogP contribution in [0.25, 0.3) is 0 Å². The molecule has 4 aromatic carbocycles. The molecule has 1 aliphatic heterocycles. The molecule has 0 spiro atoms. The molecule has 0 aliphatic carbocycles. The summed E-state index contributed by atoms with van der Waals surface area (Å²) in [4.78, 5) is 0. The van der Waals surface area contributed by atoms with Crippen LogP contribution in [0.2, 0.25) is 5.02 Å². The van der Waals surface area contributed by atoms with Gasteiger partial charge in [-0.3, -0.25) is 0 Å².